The molecule has 116 valence electrons. The average Bonchev–Trinajstić information content (AvgIpc) is 2.59. The number of hydrogen-bond donors (Lipinski definition) is 1. The Hall–Kier alpha value is -1.87. The Labute approximate surface area is 132 Å². The third-order valence-corrected chi connectivity index (χ3v) is 4.58. The van der Waals surface area contributed by atoms with E-state index in [2.05, 4.69) is 23.2 Å². The number of fused-ring (bicyclic) bond motifs is 1. The third kappa shape index (κ3) is 3.47. The van der Waals surface area contributed by atoms with Crippen LogP contribution in [0.4, 0.5) is 0 Å². The van der Waals surface area contributed by atoms with Gasteiger partial charge in [-0.2, -0.15) is 0 Å². The molecule has 3 nitrogen and oxygen atoms in total. The molecule has 0 bridgehead atoms. The molecule has 1 amide bonds. The van der Waals surface area contributed by atoms with E-state index in [-0.39, 0.29) is 5.91 Å². The summed E-state index contributed by atoms with van der Waals surface area (Å²) in [5.74, 6) is 0.0228. The number of benzene rings is 2. The summed E-state index contributed by atoms with van der Waals surface area (Å²) >= 11 is 0. The Bertz CT molecular complexity index is 647. The molecule has 1 heterocycles. The van der Waals surface area contributed by atoms with E-state index >= 15 is 0 Å². The van der Waals surface area contributed by atoms with E-state index in [9.17, 15) is 4.79 Å². The van der Waals surface area contributed by atoms with E-state index in [1.807, 2.05) is 36.4 Å². The van der Waals surface area contributed by atoms with Crippen LogP contribution in [0.2, 0.25) is 0 Å². The van der Waals surface area contributed by atoms with Gasteiger partial charge >= 0.3 is 0 Å². The van der Waals surface area contributed by atoms with Gasteiger partial charge in [-0.25, -0.2) is 0 Å². The monoisotopic (exact) mass is 296 g/mol. The van der Waals surface area contributed by atoms with Crippen molar-refractivity contribution in [2.45, 2.75) is 32.2 Å². The van der Waals surface area contributed by atoms with Gasteiger partial charge in [0.25, 0.3) is 5.91 Å². The predicted octanol–water partition coefficient (Wildman–Crippen LogP) is 3.44. The Morgan fingerprint density at radius 3 is 2.59 bits per heavy atom. The van der Waals surface area contributed by atoms with Gasteiger partial charge in [-0.3, -0.25) is 9.69 Å². The lowest BCUT2D eigenvalue weighted by Crippen LogP contribution is -2.44. The lowest BCUT2D eigenvalue weighted by atomic mass is 10.1. The van der Waals surface area contributed by atoms with Crippen molar-refractivity contribution in [3.63, 3.8) is 0 Å². The topological polar surface area (TPSA) is 32.3 Å². The van der Waals surface area contributed by atoms with Gasteiger partial charge in [0.2, 0.25) is 0 Å². The van der Waals surface area contributed by atoms with E-state index in [1.165, 1.54) is 24.6 Å². The summed E-state index contributed by atoms with van der Waals surface area (Å²) in [6.45, 7) is 5.23. The van der Waals surface area contributed by atoms with Crippen molar-refractivity contribution in [3.05, 3.63) is 48.0 Å². The minimum absolute atomic E-state index is 0.0228. The highest BCUT2D eigenvalue weighted by molar-refractivity contribution is 5.98. The summed E-state index contributed by atoms with van der Waals surface area (Å²) in [6.07, 6.45) is 3.90. The van der Waals surface area contributed by atoms with Crippen LogP contribution < -0.4 is 5.32 Å². The molecule has 1 aliphatic rings. The number of piperidine rings is 1. The summed E-state index contributed by atoms with van der Waals surface area (Å²) in [6, 6.07) is 14.4. The first-order valence-electron chi connectivity index (χ1n) is 8.25. The van der Waals surface area contributed by atoms with E-state index in [1.54, 1.807) is 0 Å². The van der Waals surface area contributed by atoms with Crippen LogP contribution in [-0.4, -0.2) is 36.5 Å². The summed E-state index contributed by atoms with van der Waals surface area (Å²) in [5, 5.41) is 5.36. The fourth-order valence-corrected chi connectivity index (χ4v) is 3.16. The highest BCUT2D eigenvalue weighted by atomic mass is 16.1. The van der Waals surface area contributed by atoms with Crippen molar-refractivity contribution < 1.29 is 4.79 Å². The molecule has 22 heavy (non-hydrogen) atoms. The minimum atomic E-state index is 0.0228. The van der Waals surface area contributed by atoms with Crippen LogP contribution in [-0.2, 0) is 0 Å². The molecule has 0 unspecified atom stereocenters. The molecule has 0 radical (unpaired) electrons. The zero-order chi connectivity index (χ0) is 15.4. The van der Waals surface area contributed by atoms with E-state index in [0.29, 0.717) is 12.6 Å². The van der Waals surface area contributed by atoms with Crippen LogP contribution in [0.3, 0.4) is 0 Å². The summed E-state index contributed by atoms with van der Waals surface area (Å²) in [7, 11) is 0. The molecule has 1 fully saturated rings. The van der Waals surface area contributed by atoms with Gasteiger partial charge in [-0.1, -0.05) is 36.8 Å². The first-order chi connectivity index (χ1) is 10.7. The molecule has 1 atom stereocenters. The normalized spacial score (nSPS) is 17.3. The van der Waals surface area contributed by atoms with Crippen molar-refractivity contribution in [2.24, 2.45) is 0 Å². The van der Waals surface area contributed by atoms with Crippen LogP contribution in [0.15, 0.2) is 42.5 Å². The number of carbonyl (C=O) groups is 1. The van der Waals surface area contributed by atoms with Crippen molar-refractivity contribution in [3.8, 4) is 0 Å². The Balaban J connectivity index is 1.60. The lowest BCUT2D eigenvalue weighted by Gasteiger charge is -2.32. The quantitative estimate of drug-likeness (QED) is 0.937. The van der Waals surface area contributed by atoms with E-state index < -0.39 is 0 Å². The lowest BCUT2D eigenvalue weighted by molar-refractivity contribution is 0.0930. The van der Waals surface area contributed by atoms with Crippen LogP contribution in [0.5, 0.6) is 0 Å². The Kier molecular flexibility index (Phi) is 4.74. The third-order valence-electron chi connectivity index (χ3n) is 4.58. The van der Waals surface area contributed by atoms with Gasteiger partial charge in [0.05, 0.1) is 0 Å². The molecule has 0 aliphatic carbocycles. The van der Waals surface area contributed by atoms with Crippen LogP contribution >= 0.6 is 0 Å². The molecule has 1 N–H and O–H groups in total. The molecule has 1 saturated heterocycles. The highest BCUT2D eigenvalue weighted by Gasteiger charge is 2.17. The van der Waals surface area contributed by atoms with Crippen LogP contribution in [0, 0.1) is 0 Å². The van der Waals surface area contributed by atoms with E-state index in [4.69, 9.17) is 0 Å². The molecule has 1 aliphatic heterocycles. The molecular weight excluding hydrogens is 272 g/mol. The van der Waals surface area contributed by atoms with Gasteiger partial charge in [0.15, 0.2) is 0 Å². The second-order valence-electron chi connectivity index (χ2n) is 6.22. The largest absolute Gasteiger partial charge is 0.350 e. The van der Waals surface area contributed by atoms with Crippen molar-refractivity contribution in [2.75, 3.05) is 19.6 Å². The van der Waals surface area contributed by atoms with Crippen molar-refractivity contribution in [1.82, 2.24) is 10.2 Å². The summed E-state index contributed by atoms with van der Waals surface area (Å²) in [5.41, 5.74) is 0.740. The number of amides is 1. The Morgan fingerprint density at radius 1 is 1.09 bits per heavy atom. The molecule has 0 aromatic heterocycles. The number of likely N-dealkylation sites (tertiary alicyclic amines) is 1. The summed E-state index contributed by atoms with van der Waals surface area (Å²) in [4.78, 5) is 14.8. The second kappa shape index (κ2) is 6.93. The first-order valence-corrected chi connectivity index (χ1v) is 8.25. The number of nitrogens with one attached hydrogen (secondary N) is 1. The molecular formula is C19H24N2O. The number of carbonyl (C=O) groups excluding carboxylic acids is 1. The molecule has 2 aromatic carbocycles. The molecule has 3 heteroatoms. The number of nitrogens with zero attached hydrogens (tertiary/aromatic N) is 1. The van der Waals surface area contributed by atoms with Crippen LogP contribution in [0.1, 0.15) is 36.5 Å². The van der Waals surface area contributed by atoms with Gasteiger partial charge in [-0.15, -0.1) is 0 Å². The van der Waals surface area contributed by atoms with Gasteiger partial charge < -0.3 is 5.32 Å². The molecule has 0 saturated carbocycles. The second-order valence-corrected chi connectivity index (χ2v) is 6.22. The Morgan fingerprint density at radius 2 is 1.82 bits per heavy atom. The zero-order valence-corrected chi connectivity index (χ0v) is 13.2. The smallest absolute Gasteiger partial charge is 0.251 e. The molecule has 2 aromatic rings. The summed E-state index contributed by atoms with van der Waals surface area (Å²) < 4.78 is 0. The zero-order valence-electron chi connectivity index (χ0n) is 13.2. The SMILES string of the molecule is C[C@@H](CNC(=O)c1ccc2ccccc2c1)N1CCCCC1. The number of rotatable bonds is 4. The maximum absolute atomic E-state index is 12.3. The minimum Gasteiger partial charge on any atom is -0.350 e. The number of hydrogen-bond acceptors (Lipinski definition) is 2. The fourth-order valence-electron chi connectivity index (χ4n) is 3.16. The van der Waals surface area contributed by atoms with Gasteiger partial charge in [0.1, 0.15) is 0 Å². The standard InChI is InChI=1S/C19H24N2O/c1-15(21-11-5-2-6-12-21)14-20-19(22)18-10-9-16-7-3-4-8-17(16)13-18/h3-4,7-10,13,15H,2,5-6,11-12,14H2,1H3,(H,20,22)/t15-/m0/s1. The van der Waals surface area contributed by atoms with E-state index in [0.717, 1.165) is 24.0 Å². The van der Waals surface area contributed by atoms with Gasteiger partial charge in [-0.05, 0) is 55.8 Å². The van der Waals surface area contributed by atoms with Crippen LogP contribution in [0.25, 0.3) is 10.8 Å². The first kappa shape index (κ1) is 15.0. The predicted molar refractivity (Wildman–Crippen MR) is 91.2 cm³/mol. The maximum atomic E-state index is 12.3. The average molecular weight is 296 g/mol. The molecule has 3 rings (SSSR count). The van der Waals surface area contributed by atoms with Crippen molar-refractivity contribution in [1.29, 1.82) is 0 Å². The molecule has 0 spiro atoms. The van der Waals surface area contributed by atoms with Gasteiger partial charge in [0, 0.05) is 18.2 Å². The fraction of sp³-hybridized carbons (Fsp3) is 0.421. The van der Waals surface area contributed by atoms with Crippen molar-refractivity contribution >= 4 is 16.7 Å². The maximum Gasteiger partial charge on any atom is 0.251 e. The highest BCUT2D eigenvalue weighted by Crippen LogP contribution is 2.16.